The summed E-state index contributed by atoms with van der Waals surface area (Å²) in [6, 6.07) is 10.7. The quantitative estimate of drug-likeness (QED) is 0.802. The van der Waals surface area contributed by atoms with Crippen molar-refractivity contribution in [3.63, 3.8) is 0 Å². The minimum Gasteiger partial charge on any atom is -0.460 e. The predicted octanol–water partition coefficient (Wildman–Crippen LogP) is 3.55. The molecule has 0 saturated carbocycles. The minimum atomic E-state index is -0.233. The third-order valence-electron chi connectivity index (χ3n) is 5.90. The fourth-order valence-electron chi connectivity index (χ4n) is 4.33. The van der Waals surface area contributed by atoms with Crippen molar-refractivity contribution in [3.05, 3.63) is 48.0 Å². The van der Waals surface area contributed by atoms with Gasteiger partial charge < -0.3 is 14.2 Å². The van der Waals surface area contributed by atoms with E-state index in [4.69, 9.17) is 4.42 Å². The Kier molecular flexibility index (Phi) is 5.91. The molecule has 2 aliphatic heterocycles. The lowest BCUT2D eigenvalue weighted by atomic mass is 9.97. The van der Waals surface area contributed by atoms with Crippen LogP contribution in [0.4, 0.5) is 4.39 Å². The van der Waals surface area contributed by atoms with Gasteiger partial charge in [0.1, 0.15) is 17.3 Å². The van der Waals surface area contributed by atoms with Crippen LogP contribution in [0.1, 0.15) is 18.6 Å². The lowest BCUT2D eigenvalue weighted by Gasteiger charge is -2.38. The van der Waals surface area contributed by atoms with Crippen molar-refractivity contribution in [2.45, 2.75) is 19.4 Å². The summed E-state index contributed by atoms with van der Waals surface area (Å²) in [4.78, 5) is 7.53. The summed E-state index contributed by atoms with van der Waals surface area (Å²) < 4.78 is 19.9. The molecule has 4 nitrogen and oxygen atoms in total. The van der Waals surface area contributed by atoms with Crippen molar-refractivity contribution < 1.29 is 8.81 Å². The molecule has 0 unspecified atom stereocenters. The van der Waals surface area contributed by atoms with Gasteiger partial charge >= 0.3 is 0 Å². The number of halogens is 1. The maximum Gasteiger partial charge on any atom is 0.137 e. The van der Waals surface area contributed by atoms with Crippen molar-refractivity contribution in [2.75, 3.05) is 52.9 Å². The van der Waals surface area contributed by atoms with E-state index in [1.807, 2.05) is 18.2 Å². The maximum absolute atomic E-state index is 14.0. The van der Waals surface area contributed by atoms with Gasteiger partial charge in [-0.3, -0.25) is 4.90 Å². The number of furan rings is 1. The molecule has 0 aliphatic carbocycles. The highest BCUT2D eigenvalue weighted by Crippen LogP contribution is 2.26. The smallest absolute Gasteiger partial charge is 0.137 e. The highest BCUT2D eigenvalue weighted by atomic mass is 19.1. The molecule has 2 aliphatic rings. The van der Waals surface area contributed by atoms with Gasteiger partial charge in [-0.1, -0.05) is 12.1 Å². The number of likely N-dealkylation sites (N-methyl/N-ethyl adjacent to an activating group) is 1. The third-order valence-corrected chi connectivity index (χ3v) is 5.90. The molecule has 27 heavy (non-hydrogen) atoms. The van der Waals surface area contributed by atoms with Crippen LogP contribution in [0, 0.1) is 11.7 Å². The van der Waals surface area contributed by atoms with Crippen LogP contribution in [0.2, 0.25) is 0 Å². The van der Waals surface area contributed by atoms with Gasteiger partial charge in [0.05, 0.1) is 12.1 Å². The number of benzene rings is 1. The van der Waals surface area contributed by atoms with Crippen LogP contribution in [0.3, 0.4) is 0 Å². The maximum atomic E-state index is 14.0. The number of hydrogen-bond donors (Lipinski definition) is 0. The predicted molar refractivity (Wildman–Crippen MR) is 106 cm³/mol. The number of likely N-dealkylation sites (tertiary alicyclic amines) is 1. The Labute approximate surface area is 161 Å². The van der Waals surface area contributed by atoms with Gasteiger partial charge in [0.15, 0.2) is 0 Å². The zero-order valence-corrected chi connectivity index (χ0v) is 16.2. The van der Waals surface area contributed by atoms with Crippen LogP contribution < -0.4 is 0 Å². The summed E-state index contributed by atoms with van der Waals surface area (Å²) in [6.45, 7) is 9.02. The summed E-state index contributed by atoms with van der Waals surface area (Å²) in [6.07, 6.45) is 2.57. The number of rotatable bonds is 5. The van der Waals surface area contributed by atoms with Crippen molar-refractivity contribution in [2.24, 2.45) is 5.92 Å². The Morgan fingerprint density at radius 3 is 2.63 bits per heavy atom. The average molecular weight is 372 g/mol. The Hall–Kier alpha value is -1.69. The van der Waals surface area contributed by atoms with Gasteiger partial charge in [-0.2, -0.15) is 0 Å². The zero-order chi connectivity index (χ0) is 18.6. The summed E-state index contributed by atoms with van der Waals surface area (Å²) in [5.41, 5.74) is 0.537. The second-order valence-corrected chi connectivity index (χ2v) is 8.09. The van der Waals surface area contributed by atoms with Crippen molar-refractivity contribution in [3.8, 4) is 11.3 Å². The average Bonchev–Trinajstić information content (AvgIpc) is 3.12. The monoisotopic (exact) mass is 371 g/mol. The van der Waals surface area contributed by atoms with Crippen LogP contribution in [-0.4, -0.2) is 67.6 Å². The summed E-state index contributed by atoms with van der Waals surface area (Å²) in [5, 5.41) is 0. The first-order valence-electron chi connectivity index (χ1n) is 10.1. The van der Waals surface area contributed by atoms with Gasteiger partial charge in [-0.15, -0.1) is 0 Å². The van der Waals surface area contributed by atoms with E-state index in [1.165, 1.54) is 51.6 Å². The zero-order valence-electron chi connectivity index (χ0n) is 16.2. The third kappa shape index (κ3) is 4.78. The van der Waals surface area contributed by atoms with Crippen LogP contribution in [-0.2, 0) is 6.54 Å². The molecule has 0 spiro atoms. The van der Waals surface area contributed by atoms with Crippen molar-refractivity contribution in [1.29, 1.82) is 0 Å². The van der Waals surface area contributed by atoms with E-state index in [2.05, 4.69) is 21.7 Å². The fraction of sp³-hybridized carbons (Fsp3) is 0.545. The molecule has 2 aromatic rings. The van der Waals surface area contributed by atoms with E-state index < -0.39 is 0 Å². The van der Waals surface area contributed by atoms with Crippen molar-refractivity contribution >= 4 is 0 Å². The van der Waals surface area contributed by atoms with E-state index in [9.17, 15) is 4.39 Å². The molecule has 1 aromatic carbocycles. The Morgan fingerprint density at radius 1 is 1.00 bits per heavy atom. The van der Waals surface area contributed by atoms with Crippen molar-refractivity contribution in [1.82, 2.24) is 14.7 Å². The molecule has 4 rings (SSSR count). The summed E-state index contributed by atoms with van der Waals surface area (Å²) in [5.74, 6) is 2.05. The highest BCUT2D eigenvalue weighted by molar-refractivity contribution is 5.58. The van der Waals surface area contributed by atoms with Gasteiger partial charge in [0, 0.05) is 39.3 Å². The number of piperazine rings is 1. The SMILES string of the molecule is CN1CCN(C[C@@H]2CCCN(Cc3ccc(-c4ccccc4F)o3)C2)CC1. The molecule has 5 heteroatoms. The number of piperidine rings is 1. The highest BCUT2D eigenvalue weighted by Gasteiger charge is 2.24. The molecule has 0 bridgehead atoms. The molecule has 1 aromatic heterocycles. The van der Waals surface area contributed by atoms with E-state index in [0.29, 0.717) is 11.3 Å². The fourth-order valence-corrected chi connectivity index (χ4v) is 4.33. The molecule has 2 fully saturated rings. The van der Waals surface area contributed by atoms with E-state index in [-0.39, 0.29) is 5.82 Å². The largest absolute Gasteiger partial charge is 0.460 e. The van der Waals surface area contributed by atoms with E-state index >= 15 is 0 Å². The van der Waals surface area contributed by atoms with Gasteiger partial charge in [-0.25, -0.2) is 4.39 Å². The van der Waals surface area contributed by atoms with Crippen LogP contribution >= 0.6 is 0 Å². The first-order chi connectivity index (χ1) is 13.2. The second kappa shape index (κ2) is 8.55. The first kappa shape index (κ1) is 18.7. The Balaban J connectivity index is 1.32. The molecule has 0 N–H and O–H groups in total. The van der Waals surface area contributed by atoms with Gasteiger partial charge in [0.2, 0.25) is 0 Å². The minimum absolute atomic E-state index is 0.233. The van der Waals surface area contributed by atoms with Crippen LogP contribution in [0.5, 0.6) is 0 Å². The van der Waals surface area contributed by atoms with Crippen LogP contribution in [0.25, 0.3) is 11.3 Å². The molecule has 146 valence electrons. The second-order valence-electron chi connectivity index (χ2n) is 8.09. The summed E-state index contributed by atoms with van der Waals surface area (Å²) >= 11 is 0. The number of hydrogen-bond acceptors (Lipinski definition) is 4. The lowest BCUT2D eigenvalue weighted by Crippen LogP contribution is -2.48. The molecular weight excluding hydrogens is 341 g/mol. The standard InChI is InChI=1S/C22H30FN3O/c1-24-11-13-25(14-12-24)15-18-5-4-10-26(16-18)17-19-8-9-22(27-19)20-6-2-3-7-21(20)23/h2-3,6-9,18H,4-5,10-17H2,1H3/t18-/m0/s1. The Bertz CT molecular complexity index is 739. The molecule has 2 saturated heterocycles. The van der Waals surface area contributed by atoms with E-state index in [0.717, 1.165) is 31.3 Å². The van der Waals surface area contributed by atoms with E-state index in [1.54, 1.807) is 12.1 Å². The first-order valence-corrected chi connectivity index (χ1v) is 10.1. The molecule has 0 radical (unpaired) electrons. The molecular formula is C22H30FN3O. The summed E-state index contributed by atoms with van der Waals surface area (Å²) in [7, 11) is 2.21. The molecule has 1 atom stereocenters. The normalized spacial score (nSPS) is 23.0. The number of nitrogens with zero attached hydrogens (tertiary/aromatic N) is 3. The molecule has 0 amide bonds. The van der Waals surface area contributed by atoms with Gasteiger partial charge in [0.25, 0.3) is 0 Å². The van der Waals surface area contributed by atoms with Crippen LogP contribution in [0.15, 0.2) is 40.8 Å². The molecule has 3 heterocycles. The lowest BCUT2D eigenvalue weighted by molar-refractivity contribution is 0.0939. The van der Waals surface area contributed by atoms with Gasteiger partial charge in [-0.05, 0) is 56.6 Å². The Morgan fingerprint density at radius 2 is 1.81 bits per heavy atom. The topological polar surface area (TPSA) is 22.9 Å².